The third-order valence-electron chi connectivity index (χ3n) is 2.63. The lowest BCUT2D eigenvalue weighted by molar-refractivity contribution is 1.47. The maximum atomic E-state index is 4.54. The van der Waals surface area contributed by atoms with Crippen LogP contribution >= 0.6 is 24.8 Å². The molecule has 2 aromatic carbocycles. The molecule has 2 rings (SSSR count). The van der Waals surface area contributed by atoms with Crippen LogP contribution in [0.3, 0.4) is 0 Å². The van der Waals surface area contributed by atoms with Gasteiger partial charge in [0.25, 0.3) is 0 Å². The van der Waals surface area contributed by atoms with E-state index in [1.807, 2.05) is 74.5 Å². The molecular weight excluding hydrogens is 291 g/mol. The Morgan fingerprint density at radius 1 is 0.600 bits per heavy atom. The highest BCUT2D eigenvalue weighted by Gasteiger charge is 1.98. The van der Waals surface area contributed by atoms with E-state index in [4.69, 9.17) is 0 Å². The van der Waals surface area contributed by atoms with Crippen molar-refractivity contribution in [3.63, 3.8) is 0 Å². The quantitative estimate of drug-likeness (QED) is 0.677. The van der Waals surface area contributed by atoms with Gasteiger partial charge in [0.05, 0.1) is 22.8 Å². The summed E-state index contributed by atoms with van der Waals surface area (Å²) in [4.78, 5) is 9.08. The molecule has 0 saturated heterocycles. The molecule has 0 heterocycles. The van der Waals surface area contributed by atoms with Gasteiger partial charge in [-0.2, -0.15) is 0 Å². The SMILES string of the molecule is CC(=Nc1ccccc1)C(C)=Nc1ccccc1.Cl.Cl. The van der Waals surface area contributed by atoms with Crippen molar-refractivity contribution in [2.24, 2.45) is 9.98 Å². The first-order chi connectivity index (χ1) is 8.75. The van der Waals surface area contributed by atoms with Gasteiger partial charge < -0.3 is 0 Å². The largest absolute Gasteiger partial charge is 0.252 e. The molecule has 0 aliphatic rings. The fourth-order valence-corrected chi connectivity index (χ4v) is 1.55. The van der Waals surface area contributed by atoms with E-state index in [1.54, 1.807) is 0 Å². The van der Waals surface area contributed by atoms with Crippen LogP contribution in [0.4, 0.5) is 11.4 Å². The standard InChI is InChI=1S/C16H16N2.2ClH/c1-13(17-15-9-5-3-6-10-15)14(2)18-16-11-7-4-8-12-16;;/h3-12H,1-2H3;2*1H. The molecule has 0 aromatic heterocycles. The predicted octanol–water partition coefficient (Wildman–Crippen LogP) is 5.42. The van der Waals surface area contributed by atoms with E-state index in [1.165, 1.54) is 0 Å². The van der Waals surface area contributed by atoms with Gasteiger partial charge in [-0.15, -0.1) is 24.8 Å². The summed E-state index contributed by atoms with van der Waals surface area (Å²) in [7, 11) is 0. The summed E-state index contributed by atoms with van der Waals surface area (Å²) in [6.45, 7) is 3.96. The van der Waals surface area contributed by atoms with Crippen molar-refractivity contribution in [1.82, 2.24) is 0 Å². The molecule has 20 heavy (non-hydrogen) atoms. The fraction of sp³-hybridized carbons (Fsp3) is 0.125. The predicted molar refractivity (Wildman–Crippen MR) is 92.9 cm³/mol. The molecule has 0 amide bonds. The first-order valence-electron chi connectivity index (χ1n) is 5.97. The second-order valence-electron chi connectivity index (χ2n) is 4.07. The van der Waals surface area contributed by atoms with Crippen LogP contribution in [0.1, 0.15) is 13.8 Å². The Balaban J connectivity index is 0.00000180. The van der Waals surface area contributed by atoms with E-state index in [0.29, 0.717) is 0 Å². The number of para-hydroxylation sites is 2. The number of nitrogens with zero attached hydrogens (tertiary/aromatic N) is 2. The topological polar surface area (TPSA) is 24.7 Å². The molecule has 2 nitrogen and oxygen atoms in total. The maximum Gasteiger partial charge on any atom is 0.0633 e. The van der Waals surface area contributed by atoms with Crippen LogP contribution in [0.15, 0.2) is 70.6 Å². The van der Waals surface area contributed by atoms with Crippen molar-refractivity contribution < 1.29 is 0 Å². The number of halogens is 2. The first kappa shape index (κ1) is 18.4. The summed E-state index contributed by atoms with van der Waals surface area (Å²) in [5.74, 6) is 0. The average molecular weight is 309 g/mol. The maximum absolute atomic E-state index is 4.54. The van der Waals surface area contributed by atoms with Gasteiger partial charge in [0.2, 0.25) is 0 Å². The molecular formula is C16H18Cl2N2. The van der Waals surface area contributed by atoms with Gasteiger partial charge >= 0.3 is 0 Å². The van der Waals surface area contributed by atoms with Gasteiger partial charge in [0, 0.05) is 0 Å². The molecule has 0 aliphatic carbocycles. The Hall–Kier alpha value is -1.64. The lowest BCUT2D eigenvalue weighted by Gasteiger charge is -2.01. The molecule has 0 N–H and O–H groups in total. The normalized spacial score (nSPS) is 11.3. The Kier molecular flexibility index (Phi) is 8.53. The van der Waals surface area contributed by atoms with Gasteiger partial charge in [-0.25, -0.2) is 0 Å². The smallest absolute Gasteiger partial charge is 0.0633 e. The van der Waals surface area contributed by atoms with E-state index in [-0.39, 0.29) is 24.8 Å². The zero-order valence-electron chi connectivity index (χ0n) is 11.5. The van der Waals surface area contributed by atoms with E-state index in [9.17, 15) is 0 Å². The molecule has 0 aliphatic heterocycles. The zero-order valence-corrected chi connectivity index (χ0v) is 13.1. The molecule has 0 atom stereocenters. The van der Waals surface area contributed by atoms with Crippen LogP contribution < -0.4 is 0 Å². The number of hydrogen-bond acceptors (Lipinski definition) is 2. The molecule has 4 heteroatoms. The Bertz CT molecular complexity index is 510. The van der Waals surface area contributed by atoms with Gasteiger partial charge in [-0.1, -0.05) is 36.4 Å². The second-order valence-corrected chi connectivity index (χ2v) is 4.07. The van der Waals surface area contributed by atoms with Crippen molar-refractivity contribution in [1.29, 1.82) is 0 Å². The molecule has 0 spiro atoms. The minimum absolute atomic E-state index is 0. The van der Waals surface area contributed by atoms with Crippen LogP contribution in [0, 0.1) is 0 Å². The fourth-order valence-electron chi connectivity index (χ4n) is 1.55. The summed E-state index contributed by atoms with van der Waals surface area (Å²) >= 11 is 0. The van der Waals surface area contributed by atoms with Crippen molar-refractivity contribution in [3.8, 4) is 0 Å². The van der Waals surface area contributed by atoms with Crippen LogP contribution in [0.2, 0.25) is 0 Å². The minimum atomic E-state index is 0. The highest BCUT2D eigenvalue weighted by molar-refractivity contribution is 6.41. The average Bonchev–Trinajstić information content (AvgIpc) is 2.41. The van der Waals surface area contributed by atoms with Crippen molar-refractivity contribution in [2.75, 3.05) is 0 Å². The second kappa shape index (κ2) is 9.29. The summed E-state index contributed by atoms with van der Waals surface area (Å²) in [6, 6.07) is 19.8. The van der Waals surface area contributed by atoms with Crippen molar-refractivity contribution in [2.45, 2.75) is 13.8 Å². The summed E-state index contributed by atoms with van der Waals surface area (Å²) in [5.41, 5.74) is 3.78. The molecule has 0 fully saturated rings. The molecule has 2 aromatic rings. The number of hydrogen-bond donors (Lipinski definition) is 0. The summed E-state index contributed by atoms with van der Waals surface area (Å²) < 4.78 is 0. The molecule has 106 valence electrons. The third-order valence-corrected chi connectivity index (χ3v) is 2.63. The van der Waals surface area contributed by atoms with Gasteiger partial charge in [0.1, 0.15) is 0 Å². The summed E-state index contributed by atoms with van der Waals surface area (Å²) in [6.07, 6.45) is 0. The van der Waals surface area contributed by atoms with Crippen molar-refractivity contribution in [3.05, 3.63) is 60.7 Å². The van der Waals surface area contributed by atoms with Crippen LogP contribution in [0.25, 0.3) is 0 Å². The number of rotatable bonds is 3. The Morgan fingerprint density at radius 3 is 1.20 bits per heavy atom. The summed E-state index contributed by atoms with van der Waals surface area (Å²) in [5, 5.41) is 0. The number of benzene rings is 2. The van der Waals surface area contributed by atoms with Crippen molar-refractivity contribution >= 4 is 47.6 Å². The molecule has 0 unspecified atom stereocenters. The monoisotopic (exact) mass is 308 g/mol. The van der Waals surface area contributed by atoms with Gasteiger partial charge in [-0.05, 0) is 38.1 Å². The Morgan fingerprint density at radius 2 is 0.900 bits per heavy atom. The molecule has 0 saturated carbocycles. The van der Waals surface area contributed by atoms with Gasteiger partial charge in [-0.3, -0.25) is 9.98 Å². The number of aliphatic imine (C=N–C) groups is 2. The lowest BCUT2D eigenvalue weighted by atomic mass is 10.2. The van der Waals surface area contributed by atoms with E-state index >= 15 is 0 Å². The molecule has 0 bridgehead atoms. The lowest BCUT2D eigenvalue weighted by Crippen LogP contribution is -2.04. The van der Waals surface area contributed by atoms with Crippen LogP contribution in [-0.4, -0.2) is 11.4 Å². The molecule has 0 radical (unpaired) electrons. The van der Waals surface area contributed by atoms with Gasteiger partial charge in [0.15, 0.2) is 0 Å². The van der Waals surface area contributed by atoms with Crippen LogP contribution in [-0.2, 0) is 0 Å². The van der Waals surface area contributed by atoms with E-state index in [0.717, 1.165) is 22.8 Å². The first-order valence-corrected chi connectivity index (χ1v) is 5.97. The van der Waals surface area contributed by atoms with Crippen LogP contribution in [0.5, 0.6) is 0 Å². The Labute approximate surface area is 132 Å². The highest BCUT2D eigenvalue weighted by atomic mass is 35.5. The minimum Gasteiger partial charge on any atom is -0.252 e. The zero-order chi connectivity index (χ0) is 12.8. The van der Waals surface area contributed by atoms with E-state index < -0.39 is 0 Å². The third kappa shape index (κ3) is 5.55. The van der Waals surface area contributed by atoms with E-state index in [2.05, 4.69) is 9.98 Å². The highest BCUT2D eigenvalue weighted by Crippen LogP contribution is 2.13.